The lowest BCUT2D eigenvalue weighted by molar-refractivity contribution is 0.209. The molecule has 1 aromatic rings. The molecule has 0 radical (unpaired) electrons. The second kappa shape index (κ2) is 6.35. The summed E-state index contributed by atoms with van der Waals surface area (Å²) >= 11 is 0. The summed E-state index contributed by atoms with van der Waals surface area (Å²) in [6, 6.07) is 4.93. The maximum Gasteiger partial charge on any atom is 0.0572 e. The standard InChI is InChI=1S/C15H26N4/c1-4-14(16)15-6-5-13(11-17-15)19-9-7-18(8-10-19)12(2)3/h5-6,11-12,14H,4,7-10,16H2,1-3H3. The van der Waals surface area contributed by atoms with Crippen molar-refractivity contribution in [2.24, 2.45) is 5.73 Å². The molecule has 0 aromatic carbocycles. The molecule has 1 atom stereocenters. The molecule has 2 rings (SSSR count). The van der Waals surface area contributed by atoms with E-state index >= 15 is 0 Å². The number of anilines is 1. The van der Waals surface area contributed by atoms with Gasteiger partial charge in [-0.05, 0) is 32.4 Å². The van der Waals surface area contributed by atoms with Crippen molar-refractivity contribution in [1.82, 2.24) is 9.88 Å². The van der Waals surface area contributed by atoms with Gasteiger partial charge in [-0.3, -0.25) is 9.88 Å². The first kappa shape index (κ1) is 14.3. The maximum atomic E-state index is 5.99. The van der Waals surface area contributed by atoms with E-state index in [4.69, 9.17) is 5.73 Å². The summed E-state index contributed by atoms with van der Waals surface area (Å²) in [6.07, 6.45) is 2.90. The van der Waals surface area contributed by atoms with Gasteiger partial charge in [0, 0.05) is 38.3 Å². The second-order valence-corrected chi connectivity index (χ2v) is 5.57. The Bertz CT molecular complexity index is 380. The Labute approximate surface area is 116 Å². The third kappa shape index (κ3) is 3.45. The van der Waals surface area contributed by atoms with Crippen LogP contribution in [0.1, 0.15) is 38.9 Å². The molecule has 106 valence electrons. The fourth-order valence-electron chi connectivity index (χ4n) is 2.51. The quantitative estimate of drug-likeness (QED) is 0.902. The summed E-state index contributed by atoms with van der Waals surface area (Å²) in [5.74, 6) is 0. The zero-order chi connectivity index (χ0) is 13.8. The molecule has 4 heteroatoms. The molecule has 0 spiro atoms. The minimum absolute atomic E-state index is 0.0619. The highest BCUT2D eigenvalue weighted by Gasteiger charge is 2.19. The van der Waals surface area contributed by atoms with E-state index < -0.39 is 0 Å². The van der Waals surface area contributed by atoms with Crippen LogP contribution in [0.4, 0.5) is 5.69 Å². The third-order valence-corrected chi connectivity index (χ3v) is 4.00. The number of nitrogens with two attached hydrogens (primary N) is 1. The van der Waals surface area contributed by atoms with Crippen molar-refractivity contribution >= 4 is 5.69 Å². The molecule has 1 aliphatic heterocycles. The molecule has 4 nitrogen and oxygen atoms in total. The molecule has 1 aliphatic rings. The van der Waals surface area contributed by atoms with Gasteiger partial charge in [0.1, 0.15) is 0 Å². The topological polar surface area (TPSA) is 45.4 Å². The van der Waals surface area contributed by atoms with Crippen LogP contribution < -0.4 is 10.6 Å². The minimum atomic E-state index is 0.0619. The van der Waals surface area contributed by atoms with E-state index in [0.717, 1.165) is 38.3 Å². The average molecular weight is 262 g/mol. The zero-order valence-corrected chi connectivity index (χ0v) is 12.3. The van der Waals surface area contributed by atoms with E-state index in [1.807, 2.05) is 6.20 Å². The molecule has 0 aliphatic carbocycles. The molecule has 2 heterocycles. The predicted octanol–water partition coefficient (Wildman–Crippen LogP) is 2.02. The Morgan fingerprint density at radius 2 is 1.89 bits per heavy atom. The van der Waals surface area contributed by atoms with Gasteiger partial charge in [0.05, 0.1) is 17.6 Å². The highest BCUT2D eigenvalue weighted by Crippen LogP contribution is 2.19. The van der Waals surface area contributed by atoms with Gasteiger partial charge in [0.2, 0.25) is 0 Å². The molecule has 0 bridgehead atoms. The number of nitrogens with zero attached hydrogens (tertiary/aromatic N) is 3. The molecule has 0 saturated carbocycles. The normalized spacial score (nSPS) is 18.9. The van der Waals surface area contributed by atoms with Crippen LogP contribution in [-0.4, -0.2) is 42.1 Å². The largest absolute Gasteiger partial charge is 0.368 e. The summed E-state index contributed by atoms with van der Waals surface area (Å²) in [4.78, 5) is 9.43. The van der Waals surface area contributed by atoms with Gasteiger partial charge in [0.25, 0.3) is 0 Å². The van der Waals surface area contributed by atoms with Gasteiger partial charge in [-0.25, -0.2) is 0 Å². The van der Waals surface area contributed by atoms with E-state index in [0.29, 0.717) is 6.04 Å². The SMILES string of the molecule is CCC(N)c1ccc(N2CCN(C(C)C)CC2)cn1. The lowest BCUT2D eigenvalue weighted by Gasteiger charge is -2.38. The summed E-state index contributed by atoms with van der Waals surface area (Å²) in [5.41, 5.74) is 8.20. The van der Waals surface area contributed by atoms with Gasteiger partial charge in [0.15, 0.2) is 0 Å². The molecular weight excluding hydrogens is 236 g/mol. The number of hydrogen-bond donors (Lipinski definition) is 1. The highest BCUT2D eigenvalue weighted by molar-refractivity contribution is 5.45. The Hall–Kier alpha value is -1.13. The number of hydrogen-bond acceptors (Lipinski definition) is 4. The van der Waals surface area contributed by atoms with Crippen molar-refractivity contribution in [2.45, 2.75) is 39.3 Å². The van der Waals surface area contributed by atoms with Crippen molar-refractivity contribution in [2.75, 3.05) is 31.1 Å². The number of pyridine rings is 1. The summed E-state index contributed by atoms with van der Waals surface area (Å²) in [6.45, 7) is 11.0. The lowest BCUT2D eigenvalue weighted by Crippen LogP contribution is -2.48. The second-order valence-electron chi connectivity index (χ2n) is 5.57. The first-order valence-electron chi connectivity index (χ1n) is 7.32. The van der Waals surface area contributed by atoms with Crippen molar-refractivity contribution in [1.29, 1.82) is 0 Å². The Balaban J connectivity index is 1.96. The van der Waals surface area contributed by atoms with Crippen LogP contribution in [0.3, 0.4) is 0 Å². The monoisotopic (exact) mass is 262 g/mol. The number of piperazine rings is 1. The summed E-state index contributed by atoms with van der Waals surface area (Å²) in [7, 11) is 0. The van der Waals surface area contributed by atoms with Gasteiger partial charge >= 0.3 is 0 Å². The van der Waals surface area contributed by atoms with Crippen LogP contribution in [-0.2, 0) is 0 Å². The molecular formula is C15H26N4. The fraction of sp³-hybridized carbons (Fsp3) is 0.667. The first-order valence-corrected chi connectivity index (χ1v) is 7.32. The summed E-state index contributed by atoms with van der Waals surface area (Å²) < 4.78 is 0. The van der Waals surface area contributed by atoms with Crippen LogP contribution in [0.25, 0.3) is 0 Å². The van der Waals surface area contributed by atoms with Gasteiger partial charge < -0.3 is 10.6 Å². The van der Waals surface area contributed by atoms with Gasteiger partial charge in [-0.2, -0.15) is 0 Å². The maximum absolute atomic E-state index is 5.99. The Kier molecular flexibility index (Phi) is 4.77. The van der Waals surface area contributed by atoms with E-state index in [-0.39, 0.29) is 6.04 Å². The molecule has 19 heavy (non-hydrogen) atoms. The van der Waals surface area contributed by atoms with Crippen LogP contribution in [0.5, 0.6) is 0 Å². The Morgan fingerprint density at radius 3 is 2.37 bits per heavy atom. The minimum Gasteiger partial charge on any atom is -0.368 e. The van der Waals surface area contributed by atoms with Crippen molar-refractivity contribution in [3.8, 4) is 0 Å². The molecule has 1 unspecified atom stereocenters. The average Bonchev–Trinajstić information content (AvgIpc) is 2.46. The summed E-state index contributed by atoms with van der Waals surface area (Å²) in [5, 5.41) is 0. The molecule has 2 N–H and O–H groups in total. The predicted molar refractivity (Wildman–Crippen MR) is 80.4 cm³/mol. The lowest BCUT2D eigenvalue weighted by atomic mass is 10.1. The van der Waals surface area contributed by atoms with Crippen LogP contribution in [0.2, 0.25) is 0 Å². The number of rotatable bonds is 4. The van der Waals surface area contributed by atoms with Crippen molar-refractivity contribution in [3.05, 3.63) is 24.0 Å². The molecule has 1 saturated heterocycles. The molecule has 1 fully saturated rings. The fourth-order valence-corrected chi connectivity index (χ4v) is 2.51. The molecule has 0 amide bonds. The van der Waals surface area contributed by atoms with E-state index in [1.165, 1.54) is 5.69 Å². The van der Waals surface area contributed by atoms with Gasteiger partial charge in [-0.1, -0.05) is 6.92 Å². The van der Waals surface area contributed by atoms with Crippen LogP contribution in [0.15, 0.2) is 18.3 Å². The third-order valence-electron chi connectivity index (χ3n) is 4.00. The van der Waals surface area contributed by atoms with Crippen molar-refractivity contribution in [3.63, 3.8) is 0 Å². The van der Waals surface area contributed by atoms with E-state index in [1.54, 1.807) is 0 Å². The smallest absolute Gasteiger partial charge is 0.0572 e. The Morgan fingerprint density at radius 1 is 1.21 bits per heavy atom. The van der Waals surface area contributed by atoms with E-state index in [2.05, 4.69) is 47.7 Å². The van der Waals surface area contributed by atoms with E-state index in [9.17, 15) is 0 Å². The van der Waals surface area contributed by atoms with Crippen LogP contribution >= 0.6 is 0 Å². The highest BCUT2D eigenvalue weighted by atomic mass is 15.3. The number of aromatic nitrogens is 1. The van der Waals surface area contributed by atoms with Crippen LogP contribution in [0, 0.1) is 0 Å². The molecule has 1 aromatic heterocycles. The zero-order valence-electron chi connectivity index (χ0n) is 12.3. The van der Waals surface area contributed by atoms with Crippen molar-refractivity contribution < 1.29 is 0 Å². The van der Waals surface area contributed by atoms with Gasteiger partial charge in [-0.15, -0.1) is 0 Å². The first-order chi connectivity index (χ1) is 9.11.